The lowest BCUT2D eigenvalue weighted by molar-refractivity contribution is -0.138. The van der Waals surface area contributed by atoms with Crippen LogP contribution >= 0.6 is 28.3 Å². The summed E-state index contributed by atoms with van der Waals surface area (Å²) in [5.41, 5.74) is 7.10. The lowest BCUT2D eigenvalue weighted by Crippen LogP contribution is -2.53. The number of nitrogens with two attached hydrogens (primary N) is 1. The van der Waals surface area contributed by atoms with E-state index in [1.165, 1.54) is 0 Å². The predicted octanol–water partition coefficient (Wildman–Crippen LogP) is 3.74. The van der Waals surface area contributed by atoms with E-state index in [-0.39, 0.29) is 29.8 Å². The van der Waals surface area contributed by atoms with Crippen LogP contribution in [0.1, 0.15) is 38.2 Å². The van der Waals surface area contributed by atoms with Gasteiger partial charge in [0.15, 0.2) is 0 Å². The lowest BCUT2D eigenvalue weighted by Gasteiger charge is -2.39. The first-order valence-corrected chi connectivity index (χ1v) is 7.98. The highest BCUT2D eigenvalue weighted by molar-refractivity contribution is 9.10. The average molecular weight is 376 g/mol. The van der Waals surface area contributed by atoms with Crippen molar-refractivity contribution in [3.8, 4) is 0 Å². The van der Waals surface area contributed by atoms with E-state index in [2.05, 4.69) is 15.9 Å². The quantitative estimate of drug-likeness (QED) is 0.875. The van der Waals surface area contributed by atoms with Crippen LogP contribution in [0.3, 0.4) is 0 Å². The molecule has 0 bridgehead atoms. The van der Waals surface area contributed by atoms with Crippen LogP contribution in [0.15, 0.2) is 28.7 Å². The highest BCUT2D eigenvalue weighted by Gasteiger charge is 2.38. The van der Waals surface area contributed by atoms with Gasteiger partial charge in [-0.15, -0.1) is 12.4 Å². The van der Waals surface area contributed by atoms with Gasteiger partial charge in [0, 0.05) is 23.6 Å². The number of rotatable bonds is 3. The summed E-state index contributed by atoms with van der Waals surface area (Å²) < 4.78 is 1.05. The molecule has 118 valence electrons. The first kappa shape index (κ1) is 18.5. The van der Waals surface area contributed by atoms with E-state index >= 15 is 0 Å². The number of amides is 1. The largest absolute Gasteiger partial charge is 0.341 e. The number of carbonyl (C=O) groups excluding carboxylic acids is 1. The van der Waals surface area contributed by atoms with Crippen molar-refractivity contribution in [2.45, 2.75) is 44.7 Å². The van der Waals surface area contributed by atoms with E-state index < -0.39 is 0 Å². The molecule has 0 heterocycles. The Morgan fingerprint density at radius 2 is 2.00 bits per heavy atom. The highest BCUT2D eigenvalue weighted by Crippen LogP contribution is 2.33. The Morgan fingerprint density at radius 1 is 1.38 bits per heavy atom. The van der Waals surface area contributed by atoms with E-state index in [1.807, 2.05) is 43.1 Å². The summed E-state index contributed by atoms with van der Waals surface area (Å²) in [6.45, 7) is 2.65. The van der Waals surface area contributed by atoms with Gasteiger partial charge >= 0.3 is 0 Å². The molecule has 0 spiro atoms. The number of benzene rings is 1. The van der Waals surface area contributed by atoms with Crippen LogP contribution in [0.25, 0.3) is 0 Å². The van der Waals surface area contributed by atoms with Gasteiger partial charge in [-0.3, -0.25) is 4.79 Å². The van der Waals surface area contributed by atoms with Crippen molar-refractivity contribution >= 4 is 34.2 Å². The van der Waals surface area contributed by atoms with Gasteiger partial charge in [-0.05, 0) is 37.5 Å². The van der Waals surface area contributed by atoms with Crippen molar-refractivity contribution in [2.24, 2.45) is 11.7 Å². The molecule has 3 nitrogen and oxygen atoms in total. The Kier molecular flexibility index (Phi) is 6.70. The summed E-state index contributed by atoms with van der Waals surface area (Å²) in [6.07, 6.45) is 4.09. The molecule has 2 N–H and O–H groups in total. The summed E-state index contributed by atoms with van der Waals surface area (Å²) >= 11 is 3.42. The zero-order chi connectivity index (χ0) is 14.8. The van der Waals surface area contributed by atoms with Crippen LogP contribution in [0.5, 0.6) is 0 Å². The molecule has 21 heavy (non-hydrogen) atoms. The molecule has 5 heteroatoms. The fourth-order valence-corrected chi connectivity index (χ4v) is 3.24. The standard InChI is InChI=1S/C16H23BrN2O.ClH/c1-16(18)10-4-3-5-14(16)15(20)19(2)11-12-6-8-13(17)9-7-12;/h6-9,14H,3-5,10-11,18H2,1-2H3;1H. The Labute approximate surface area is 141 Å². The fourth-order valence-electron chi connectivity index (χ4n) is 2.97. The minimum absolute atomic E-state index is 0. The highest BCUT2D eigenvalue weighted by atomic mass is 79.9. The van der Waals surface area contributed by atoms with E-state index in [1.54, 1.807) is 0 Å². The molecule has 0 aromatic heterocycles. The van der Waals surface area contributed by atoms with E-state index in [0.29, 0.717) is 6.54 Å². The van der Waals surface area contributed by atoms with Gasteiger partial charge < -0.3 is 10.6 Å². The number of nitrogens with zero attached hydrogens (tertiary/aromatic N) is 1. The molecule has 1 aromatic carbocycles. The Hall–Kier alpha value is -0.580. The van der Waals surface area contributed by atoms with E-state index in [0.717, 1.165) is 35.7 Å². The van der Waals surface area contributed by atoms with Gasteiger partial charge in [0.05, 0.1) is 5.92 Å². The Morgan fingerprint density at radius 3 is 2.57 bits per heavy atom. The molecular formula is C16H24BrClN2O. The average Bonchev–Trinajstić information content (AvgIpc) is 2.40. The molecule has 2 rings (SSSR count). The molecule has 0 radical (unpaired) electrons. The third-order valence-corrected chi connectivity index (χ3v) is 4.79. The van der Waals surface area contributed by atoms with Crippen molar-refractivity contribution in [3.05, 3.63) is 34.3 Å². The van der Waals surface area contributed by atoms with Gasteiger partial charge in [0.25, 0.3) is 0 Å². The van der Waals surface area contributed by atoms with Crippen LogP contribution in [0.4, 0.5) is 0 Å². The van der Waals surface area contributed by atoms with Crippen LogP contribution < -0.4 is 5.73 Å². The summed E-state index contributed by atoms with van der Waals surface area (Å²) in [4.78, 5) is 14.4. The monoisotopic (exact) mass is 374 g/mol. The van der Waals surface area contributed by atoms with Gasteiger partial charge in [0.1, 0.15) is 0 Å². The zero-order valence-electron chi connectivity index (χ0n) is 12.6. The molecule has 0 saturated heterocycles. The zero-order valence-corrected chi connectivity index (χ0v) is 15.0. The molecule has 1 saturated carbocycles. The molecule has 1 aliphatic carbocycles. The predicted molar refractivity (Wildman–Crippen MR) is 92.4 cm³/mol. The maximum atomic E-state index is 12.6. The second-order valence-corrected chi connectivity index (χ2v) is 7.04. The summed E-state index contributed by atoms with van der Waals surface area (Å²) in [6, 6.07) is 8.08. The second-order valence-electron chi connectivity index (χ2n) is 6.12. The minimum atomic E-state index is -0.358. The molecule has 1 fully saturated rings. The lowest BCUT2D eigenvalue weighted by atomic mass is 9.74. The van der Waals surface area contributed by atoms with Gasteiger partial charge in [-0.2, -0.15) is 0 Å². The van der Waals surface area contributed by atoms with Crippen LogP contribution in [0.2, 0.25) is 0 Å². The first-order chi connectivity index (χ1) is 9.40. The van der Waals surface area contributed by atoms with Gasteiger partial charge in [-0.1, -0.05) is 40.9 Å². The molecule has 2 unspecified atom stereocenters. The molecule has 1 aliphatic rings. The van der Waals surface area contributed by atoms with Crippen LogP contribution in [0, 0.1) is 5.92 Å². The molecule has 0 aliphatic heterocycles. The molecule has 2 atom stereocenters. The Bertz CT molecular complexity index is 476. The third kappa shape index (κ3) is 4.70. The van der Waals surface area contributed by atoms with Gasteiger partial charge in [-0.25, -0.2) is 0 Å². The van der Waals surface area contributed by atoms with E-state index in [4.69, 9.17) is 5.73 Å². The number of halogens is 2. The van der Waals surface area contributed by atoms with Gasteiger partial charge in [0.2, 0.25) is 5.91 Å². The van der Waals surface area contributed by atoms with Crippen molar-refractivity contribution in [1.82, 2.24) is 4.90 Å². The number of hydrogen-bond acceptors (Lipinski definition) is 2. The third-order valence-electron chi connectivity index (χ3n) is 4.26. The van der Waals surface area contributed by atoms with Crippen molar-refractivity contribution in [1.29, 1.82) is 0 Å². The number of carbonyl (C=O) groups is 1. The maximum Gasteiger partial charge on any atom is 0.227 e. The normalized spacial score (nSPS) is 25.0. The SMILES string of the molecule is CN(Cc1ccc(Br)cc1)C(=O)C1CCCCC1(C)N.Cl. The van der Waals surface area contributed by atoms with Crippen LogP contribution in [-0.2, 0) is 11.3 Å². The van der Waals surface area contributed by atoms with Crippen LogP contribution in [-0.4, -0.2) is 23.4 Å². The smallest absolute Gasteiger partial charge is 0.227 e. The molecular weight excluding hydrogens is 352 g/mol. The first-order valence-electron chi connectivity index (χ1n) is 7.18. The summed E-state index contributed by atoms with van der Waals surface area (Å²) in [5.74, 6) is 0.134. The molecule has 1 amide bonds. The van der Waals surface area contributed by atoms with Crippen molar-refractivity contribution in [3.63, 3.8) is 0 Å². The summed E-state index contributed by atoms with van der Waals surface area (Å²) in [7, 11) is 1.87. The Balaban J connectivity index is 0.00000220. The van der Waals surface area contributed by atoms with Crippen molar-refractivity contribution < 1.29 is 4.79 Å². The second kappa shape index (κ2) is 7.61. The number of hydrogen-bond donors (Lipinski definition) is 1. The maximum absolute atomic E-state index is 12.6. The minimum Gasteiger partial charge on any atom is -0.341 e. The van der Waals surface area contributed by atoms with Crippen molar-refractivity contribution in [2.75, 3.05) is 7.05 Å². The molecule has 1 aromatic rings. The fraction of sp³-hybridized carbons (Fsp3) is 0.562. The van der Waals surface area contributed by atoms with E-state index in [9.17, 15) is 4.79 Å². The summed E-state index contributed by atoms with van der Waals surface area (Å²) in [5, 5.41) is 0. The topological polar surface area (TPSA) is 46.3 Å².